The first-order chi connectivity index (χ1) is 6.22. The van der Waals surface area contributed by atoms with Crippen molar-refractivity contribution >= 4 is 0 Å². The van der Waals surface area contributed by atoms with Gasteiger partial charge in [-0.1, -0.05) is 40.0 Å². The summed E-state index contributed by atoms with van der Waals surface area (Å²) >= 11 is 0. The van der Waals surface area contributed by atoms with Crippen molar-refractivity contribution in [3.05, 3.63) is 0 Å². The van der Waals surface area contributed by atoms with Gasteiger partial charge in [-0.2, -0.15) is 0 Å². The van der Waals surface area contributed by atoms with Gasteiger partial charge in [-0.25, -0.2) is 0 Å². The normalized spacial score (nSPS) is 27.7. The summed E-state index contributed by atoms with van der Waals surface area (Å²) in [6.45, 7) is 8.00. The maximum atomic E-state index is 3.52. The molecule has 1 saturated carbocycles. The van der Waals surface area contributed by atoms with E-state index in [1.807, 2.05) is 0 Å². The molecule has 1 rings (SSSR count). The molecule has 0 aromatic rings. The first kappa shape index (κ1) is 11.0. The Hall–Kier alpha value is -0.0400. The highest BCUT2D eigenvalue weighted by Crippen LogP contribution is 2.36. The predicted octanol–water partition coefficient (Wildman–Crippen LogP) is 3.20. The highest BCUT2D eigenvalue weighted by Gasteiger charge is 2.27. The standard InChI is InChI=1S/C12H25N/c1-4-5-6-11-7-12(8-11)9-13-10(2)3/h10-13H,4-9H2,1-3H3. The lowest BCUT2D eigenvalue weighted by molar-refractivity contribution is 0.172. The minimum Gasteiger partial charge on any atom is -0.314 e. The van der Waals surface area contributed by atoms with Crippen LogP contribution in [0.4, 0.5) is 0 Å². The molecule has 1 aliphatic carbocycles. The molecule has 0 aliphatic heterocycles. The second-order valence-corrected chi connectivity index (χ2v) is 4.91. The summed E-state index contributed by atoms with van der Waals surface area (Å²) in [5.41, 5.74) is 0. The lowest BCUT2D eigenvalue weighted by Gasteiger charge is -2.36. The van der Waals surface area contributed by atoms with Gasteiger partial charge >= 0.3 is 0 Å². The van der Waals surface area contributed by atoms with Gasteiger partial charge in [0.05, 0.1) is 0 Å². The van der Waals surface area contributed by atoms with Crippen LogP contribution in [0.15, 0.2) is 0 Å². The number of rotatable bonds is 6. The maximum Gasteiger partial charge on any atom is 0.00104 e. The van der Waals surface area contributed by atoms with Crippen LogP contribution in [0.2, 0.25) is 0 Å². The van der Waals surface area contributed by atoms with Crippen LogP contribution in [-0.2, 0) is 0 Å². The van der Waals surface area contributed by atoms with E-state index in [1.54, 1.807) is 0 Å². The molecule has 0 bridgehead atoms. The fourth-order valence-corrected chi connectivity index (χ4v) is 2.17. The summed E-state index contributed by atoms with van der Waals surface area (Å²) in [4.78, 5) is 0. The van der Waals surface area contributed by atoms with Gasteiger partial charge in [-0.15, -0.1) is 0 Å². The van der Waals surface area contributed by atoms with Crippen molar-refractivity contribution in [2.24, 2.45) is 11.8 Å². The van der Waals surface area contributed by atoms with E-state index in [0.717, 1.165) is 11.8 Å². The van der Waals surface area contributed by atoms with Crippen molar-refractivity contribution in [2.45, 2.75) is 58.9 Å². The summed E-state index contributed by atoms with van der Waals surface area (Å²) in [5.74, 6) is 2.06. The Balaban J connectivity index is 1.92. The third-order valence-electron chi connectivity index (χ3n) is 3.11. The molecule has 0 unspecified atom stereocenters. The van der Waals surface area contributed by atoms with E-state index in [0.29, 0.717) is 6.04 Å². The molecule has 0 aromatic heterocycles. The van der Waals surface area contributed by atoms with Crippen LogP contribution in [0.3, 0.4) is 0 Å². The Bertz CT molecular complexity index is 125. The molecule has 0 atom stereocenters. The van der Waals surface area contributed by atoms with Crippen molar-refractivity contribution in [3.8, 4) is 0 Å². The van der Waals surface area contributed by atoms with Crippen molar-refractivity contribution in [2.75, 3.05) is 6.54 Å². The number of hydrogen-bond acceptors (Lipinski definition) is 1. The second-order valence-electron chi connectivity index (χ2n) is 4.91. The largest absolute Gasteiger partial charge is 0.314 e. The van der Waals surface area contributed by atoms with E-state index in [9.17, 15) is 0 Å². The fraction of sp³-hybridized carbons (Fsp3) is 1.00. The minimum atomic E-state index is 0.662. The molecule has 1 nitrogen and oxygen atoms in total. The highest BCUT2D eigenvalue weighted by atomic mass is 14.9. The smallest absolute Gasteiger partial charge is 0.00104 e. The van der Waals surface area contributed by atoms with Crippen LogP contribution < -0.4 is 5.32 Å². The summed E-state index contributed by atoms with van der Waals surface area (Å²) in [5, 5.41) is 3.52. The maximum absolute atomic E-state index is 3.52. The molecular weight excluding hydrogens is 158 g/mol. The third kappa shape index (κ3) is 4.12. The molecular formula is C12H25N. The van der Waals surface area contributed by atoms with E-state index in [2.05, 4.69) is 26.1 Å². The molecule has 0 aromatic carbocycles. The topological polar surface area (TPSA) is 12.0 Å². The van der Waals surface area contributed by atoms with Gasteiger partial charge in [0.2, 0.25) is 0 Å². The summed E-state index contributed by atoms with van der Waals surface area (Å²) < 4.78 is 0. The molecule has 0 spiro atoms. The zero-order chi connectivity index (χ0) is 9.68. The summed E-state index contributed by atoms with van der Waals surface area (Å²) in [6, 6.07) is 0.662. The first-order valence-corrected chi connectivity index (χ1v) is 5.95. The van der Waals surface area contributed by atoms with Gasteiger partial charge in [-0.05, 0) is 31.2 Å². The van der Waals surface area contributed by atoms with Gasteiger partial charge in [0.1, 0.15) is 0 Å². The van der Waals surface area contributed by atoms with Gasteiger partial charge in [-0.3, -0.25) is 0 Å². The molecule has 1 heteroatoms. The molecule has 1 N–H and O–H groups in total. The van der Waals surface area contributed by atoms with Gasteiger partial charge in [0.25, 0.3) is 0 Å². The third-order valence-corrected chi connectivity index (χ3v) is 3.11. The zero-order valence-corrected chi connectivity index (χ0v) is 9.47. The second kappa shape index (κ2) is 5.64. The zero-order valence-electron chi connectivity index (χ0n) is 9.47. The van der Waals surface area contributed by atoms with Crippen LogP contribution >= 0.6 is 0 Å². The first-order valence-electron chi connectivity index (χ1n) is 5.95. The Kier molecular flexibility index (Phi) is 4.79. The molecule has 0 radical (unpaired) electrons. The Labute approximate surface area is 83.3 Å². The molecule has 1 aliphatic rings. The summed E-state index contributed by atoms with van der Waals surface area (Å²) in [7, 11) is 0. The van der Waals surface area contributed by atoms with E-state index in [1.165, 1.54) is 38.6 Å². The fourth-order valence-electron chi connectivity index (χ4n) is 2.17. The predicted molar refractivity (Wildman–Crippen MR) is 58.9 cm³/mol. The summed E-state index contributed by atoms with van der Waals surface area (Å²) in [6.07, 6.45) is 7.26. The molecule has 0 saturated heterocycles. The molecule has 78 valence electrons. The number of nitrogens with one attached hydrogen (secondary N) is 1. The van der Waals surface area contributed by atoms with Crippen LogP contribution in [0.25, 0.3) is 0 Å². The number of hydrogen-bond donors (Lipinski definition) is 1. The van der Waals surface area contributed by atoms with Gasteiger partial charge in [0, 0.05) is 6.04 Å². The van der Waals surface area contributed by atoms with E-state index in [-0.39, 0.29) is 0 Å². The van der Waals surface area contributed by atoms with E-state index in [4.69, 9.17) is 0 Å². The van der Waals surface area contributed by atoms with Gasteiger partial charge in [0.15, 0.2) is 0 Å². The van der Waals surface area contributed by atoms with Crippen LogP contribution in [0.1, 0.15) is 52.9 Å². The van der Waals surface area contributed by atoms with Crippen LogP contribution in [0, 0.1) is 11.8 Å². The van der Waals surface area contributed by atoms with Crippen molar-refractivity contribution in [1.82, 2.24) is 5.32 Å². The average molecular weight is 183 g/mol. The van der Waals surface area contributed by atoms with Crippen molar-refractivity contribution < 1.29 is 0 Å². The van der Waals surface area contributed by atoms with Crippen molar-refractivity contribution in [3.63, 3.8) is 0 Å². The van der Waals surface area contributed by atoms with Crippen molar-refractivity contribution in [1.29, 1.82) is 0 Å². The number of unbranched alkanes of at least 4 members (excludes halogenated alkanes) is 1. The van der Waals surface area contributed by atoms with Crippen LogP contribution in [-0.4, -0.2) is 12.6 Å². The Morgan fingerprint density at radius 1 is 1.23 bits per heavy atom. The molecule has 1 fully saturated rings. The van der Waals surface area contributed by atoms with E-state index < -0.39 is 0 Å². The molecule has 0 heterocycles. The average Bonchev–Trinajstić information content (AvgIpc) is 2.00. The lowest BCUT2D eigenvalue weighted by Crippen LogP contribution is -2.36. The Morgan fingerprint density at radius 3 is 2.46 bits per heavy atom. The molecule has 0 amide bonds. The van der Waals surface area contributed by atoms with E-state index >= 15 is 0 Å². The quantitative estimate of drug-likeness (QED) is 0.667. The van der Waals surface area contributed by atoms with Gasteiger partial charge < -0.3 is 5.32 Å². The monoisotopic (exact) mass is 183 g/mol. The highest BCUT2D eigenvalue weighted by molar-refractivity contribution is 4.81. The minimum absolute atomic E-state index is 0.662. The molecule has 13 heavy (non-hydrogen) atoms. The SMILES string of the molecule is CCCCC1CC(CNC(C)C)C1. The Morgan fingerprint density at radius 2 is 1.92 bits per heavy atom. The lowest BCUT2D eigenvalue weighted by atomic mass is 9.72. The van der Waals surface area contributed by atoms with Crippen LogP contribution in [0.5, 0.6) is 0 Å².